The monoisotopic (exact) mass is 228 g/mol. The van der Waals surface area contributed by atoms with Crippen molar-refractivity contribution in [2.75, 3.05) is 0 Å². The van der Waals surface area contributed by atoms with E-state index in [-0.39, 0.29) is 17.6 Å². The Kier molecular flexibility index (Phi) is 4.37. The summed E-state index contributed by atoms with van der Waals surface area (Å²) in [5.41, 5.74) is 2.51. The van der Waals surface area contributed by atoms with Gasteiger partial charge in [0.2, 0.25) is 0 Å². The van der Waals surface area contributed by atoms with Gasteiger partial charge in [0.1, 0.15) is 11.6 Å². The molecular weight excluding hydrogens is 214 g/mol. The molecule has 1 N–H and O–H groups in total. The van der Waals surface area contributed by atoms with E-state index in [0.717, 1.165) is 18.2 Å². The molecule has 1 aliphatic rings. The molecule has 1 aliphatic heterocycles. The first-order valence-electron chi connectivity index (χ1n) is 5.11. The van der Waals surface area contributed by atoms with E-state index in [2.05, 4.69) is 10.5 Å². The molecule has 0 saturated heterocycles. The predicted molar refractivity (Wildman–Crippen MR) is 57.9 cm³/mol. The molecule has 3 nitrogen and oxygen atoms in total. The molecule has 0 aliphatic carbocycles. The van der Waals surface area contributed by atoms with Gasteiger partial charge in [-0.15, -0.1) is 0 Å². The molecule has 88 valence electrons. The Morgan fingerprint density at radius 3 is 2.56 bits per heavy atom. The molecule has 1 aromatic carbocycles. The van der Waals surface area contributed by atoms with Gasteiger partial charge in [-0.05, 0) is 25.1 Å². The number of halogens is 2. The van der Waals surface area contributed by atoms with Crippen molar-refractivity contribution in [3.8, 4) is 0 Å². The van der Waals surface area contributed by atoms with Gasteiger partial charge < -0.3 is 0 Å². The lowest BCUT2D eigenvalue weighted by Gasteiger charge is -2.02. The summed E-state index contributed by atoms with van der Waals surface area (Å²) in [6, 6.07) is 3.18. The molecule has 1 atom stereocenters. The van der Waals surface area contributed by atoms with Crippen LogP contribution in [-0.4, -0.2) is 12.1 Å². The van der Waals surface area contributed by atoms with Gasteiger partial charge in [0.05, 0.1) is 5.56 Å². The third-order valence-electron chi connectivity index (χ3n) is 1.82. The van der Waals surface area contributed by atoms with Crippen LogP contribution < -0.4 is 5.48 Å². The van der Waals surface area contributed by atoms with Gasteiger partial charge in [-0.1, -0.05) is 13.8 Å². The van der Waals surface area contributed by atoms with Crippen LogP contribution in [0.1, 0.15) is 26.3 Å². The van der Waals surface area contributed by atoms with Crippen LogP contribution in [0.15, 0.2) is 23.2 Å². The second-order valence-corrected chi connectivity index (χ2v) is 2.92. The van der Waals surface area contributed by atoms with Gasteiger partial charge in [0.15, 0.2) is 12.1 Å². The van der Waals surface area contributed by atoms with Crippen LogP contribution in [0, 0.1) is 11.6 Å². The first-order chi connectivity index (χ1) is 7.66. The SMILES string of the molecule is CC.CC1N=C(c2cc(F)ccc2F)NO1. The lowest BCUT2D eigenvalue weighted by molar-refractivity contribution is 0.0503. The van der Waals surface area contributed by atoms with E-state index in [1.165, 1.54) is 0 Å². The van der Waals surface area contributed by atoms with Gasteiger partial charge >= 0.3 is 0 Å². The van der Waals surface area contributed by atoms with Gasteiger partial charge in [-0.2, -0.15) is 0 Å². The largest absolute Gasteiger partial charge is 0.248 e. The molecule has 0 fully saturated rings. The molecule has 2 rings (SSSR count). The van der Waals surface area contributed by atoms with E-state index in [0.29, 0.717) is 0 Å². The van der Waals surface area contributed by atoms with Crippen molar-refractivity contribution >= 4 is 5.84 Å². The molecule has 1 unspecified atom stereocenters. The lowest BCUT2D eigenvalue weighted by atomic mass is 10.2. The summed E-state index contributed by atoms with van der Waals surface area (Å²) >= 11 is 0. The van der Waals surface area contributed by atoms with Crippen molar-refractivity contribution in [3.63, 3.8) is 0 Å². The van der Waals surface area contributed by atoms with E-state index >= 15 is 0 Å². The summed E-state index contributed by atoms with van der Waals surface area (Å²) in [5, 5.41) is 0. The fourth-order valence-electron chi connectivity index (χ4n) is 1.18. The number of hydroxylamine groups is 1. The van der Waals surface area contributed by atoms with Crippen molar-refractivity contribution in [1.29, 1.82) is 0 Å². The van der Waals surface area contributed by atoms with Crippen LogP contribution in [0.4, 0.5) is 8.78 Å². The quantitative estimate of drug-likeness (QED) is 0.801. The minimum Gasteiger partial charge on any atom is -0.248 e. The fraction of sp³-hybridized carbons (Fsp3) is 0.364. The zero-order valence-corrected chi connectivity index (χ0v) is 9.42. The van der Waals surface area contributed by atoms with Crippen molar-refractivity contribution in [2.24, 2.45) is 4.99 Å². The van der Waals surface area contributed by atoms with Crippen LogP contribution in [0.2, 0.25) is 0 Å². The second-order valence-electron chi connectivity index (χ2n) is 2.92. The fourth-order valence-corrected chi connectivity index (χ4v) is 1.18. The molecule has 0 saturated carbocycles. The predicted octanol–water partition coefficient (Wildman–Crippen LogP) is 2.62. The summed E-state index contributed by atoms with van der Waals surface area (Å²) in [4.78, 5) is 8.81. The molecule has 0 spiro atoms. The highest BCUT2D eigenvalue weighted by Gasteiger charge is 2.18. The highest BCUT2D eigenvalue weighted by atomic mass is 19.1. The summed E-state index contributed by atoms with van der Waals surface area (Å²) in [7, 11) is 0. The summed E-state index contributed by atoms with van der Waals surface area (Å²) in [6.45, 7) is 5.69. The van der Waals surface area contributed by atoms with Crippen molar-refractivity contribution < 1.29 is 13.6 Å². The number of nitrogens with zero attached hydrogens (tertiary/aromatic N) is 1. The summed E-state index contributed by atoms with van der Waals surface area (Å²) in [5.74, 6) is -0.824. The topological polar surface area (TPSA) is 33.6 Å². The third-order valence-corrected chi connectivity index (χ3v) is 1.82. The molecule has 5 heteroatoms. The van der Waals surface area contributed by atoms with Gasteiger partial charge in [-0.25, -0.2) is 24.1 Å². The average Bonchev–Trinajstić information content (AvgIpc) is 2.71. The molecular formula is C11H14F2N2O. The van der Waals surface area contributed by atoms with Crippen LogP contribution in [0.3, 0.4) is 0 Å². The van der Waals surface area contributed by atoms with E-state index in [4.69, 9.17) is 4.84 Å². The number of nitrogens with one attached hydrogen (secondary N) is 1. The van der Waals surface area contributed by atoms with E-state index in [1.807, 2.05) is 13.8 Å². The van der Waals surface area contributed by atoms with Crippen LogP contribution >= 0.6 is 0 Å². The number of hydrogen-bond acceptors (Lipinski definition) is 3. The molecule has 0 amide bonds. The maximum absolute atomic E-state index is 13.2. The number of benzene rings is 1. The Hall–Kier alpha value is -1.49. The normalized spacial score (nSPS) is 18.3. The van der Waals surface area contributed by atoms with Crippen molar-refractivity contribution in [1.82, 2.24) is 5.48 Å². The lowest BCUT2D eigenvalue weighted by Crippen LogP contribution is -2.20. The van der Waals surface area contributed by atoms with E-state index in [1.54, 1.807) is 6.92 Å². The molecule has 16 heavy (non-hydrogen) atoms. The zero-order valence-electron chi connectivity index (χ0n) is 9.42. The number of hydrogen-bond donors (Lipinski definition) is 1. The van der Waals surface area contributed by atoms with Gasteiger partial charge in [0, 0.05) is 0 Å². The van der Waals surface area contributed by atoms with Crippen LogP contribution in [0.5, 0.6) is 0 Å². The molecule has 0 aromatic heterocycles. The first kappa shape index (κ1) is 12.6. The Morgan fingerprint density at radius 2 is 2.00 bits per heavy atom. The van der Waals surface area contributed by atoms with Crippen LogP contribution in [0.25, 0.3) is 0 Å². The Balaban J connectivity index is 0.000000606. The van der Waals surface area contributed by atoms with Crippen molar-refractivity contribution in [3.05, 3.63) is 35.4 Å². The molecule has 1 aromatic rings. The molecule has 0 bridgehead atoms. The molecule has 1 heterocycles. The first-order valence-corrected chi connectivity index (χ1v) is 5.11. The highest BCUT2D eigenvalue weighted by molar-refractivity contribution is 5.99. The van der Waals surface area contributed by atoms with Crippen LogP contribution in [-0.2, 0) is 4.84 Å². The van der Waals surface area contributed by atoms with E-state index in [9.17, 15) is 8.78 Å². The average molecular weight is 228 g/mol. The Morgan fingerprint density at radius 1 is 1.31 bits per heavy atom. The summed E-state index contributed by atoms with van der Waals surface area (Å²) < 4.78 is 26.0. The molecule has 0 radical (unpaired) electrons. The van der Waals surface area contributed by atoms with Gasteiger partial charge in [0.25, 0.3) is 0 Å². The van der Waals surface area contributed by atoms with Gasteiger partial charge in [-0.3, -0.25) is 0 Å². The third kappa shape index (κ3) is 2.76. The van der Waals surface area contributed by atoms with Crippen molar-refractivity contribution in [2.45, 2.75) is 27.0 Å². The second kappa shape index (κ2) is 5.55. The minimum atomic E-state index is -0.532. The maximum atomic E-state index is 13.2. The highest BCUT2D eigenvalue weighted by Crippen LogP contribution is 2.13. The smallest absolute Gasteiger partial charge is 0.174 e. The Labute approximate surface area is 93.1 Å². The number of rotatable bonds is 1. The zero-order chi connectivity index (χ0) is 12.1. The van der Waals surface area contributed by atoms with E-state index < -0.39 is 11.6 Å². The summed E-state index contributed by atoms with van der Waals surface area (Å²) in [6.07, 6.45) is -0.382. The Bertz CT molecular complexity index is 394. The maximum Gasteiger partial charge on any atom is 0.174 e. The standard InChI is InChI=1S/C9H8F2N2O.C2H6/c1-5-12-9(13-14-5)7-4-6(10)2-3-8(7)11;1-2/h2-5H,1H3,(H,12,13);1-2H3. The number of aliphatic imine (C=N–C) groups is 1. The minimum absolute atomic E-state index is 0.0781. The number of amidine groups is 1.